The van der Waals surface area contributed by atoms with Gasteiger partial charge in [-0.2, -0.15) is 8.42 Å². The van der Waals surface area contributed by atoms with Crippen LogP contribution in [0.4, 0.5) is 0 Å². The first-order valence-electron chi connectivity index (χ1n) is 6.95. The van der Waals surface area contributed by atoms with Gasteiger partial charge in [-0.3, -0.25) is 4.55 Å². The van der Waals surface area contributed by atoms with Gasteiger partial charge in [-0.15, -0.1) is 0 Å². The molecule has 0 bridgehead atoms. The number of benzene rings is 3. The van der Waals surface area contributed by atoms with Crippen LogP contribution in [0, 0.1) is 13.8 Å². The van der Waals surface area contributed by atoms with E-state index in [0.717, 1.165) is 22.1 Å². The fourth-order valence-corrected chi connectivity index (χ4v) is 3.70. The first kappa shape index (κ1) is 14.8. The molecule has 1 N–H and O–H groups in total. The fraction of sp³-hybridized carbons (Fsp3) is 0.111. The molecule has 0 atom stereocenters. The second kappa shape index (κ2) is 5.23. The summed E-state index contributed by atoms with van der Waals surface area (Å²) in [7, 11) is -4.34. The average Bonchev–Trinajstić information content (AvgIpc) is 2.48. The SMILES string of the molecule is Cc1cccc(-c2ccc3ccccc3c2S(=O)(=O)O)c1C. The quantitative estimate of drug-likeness (QED) is 0.715. The van der Waals surface area contributed by atoms with Crippen molar-refractivity contribution in [2.75, 3.05) is 0 Å². The zero-order chi connectivity index (χ0) is 15.9. The zero-order valence-corrected chi connectivity index (χ0v) is 13.2. The molecular weight excluding hydrogens is 296 g/mol. The first-order chi connectivity index (χ1) is 10.4. The molecular formula is C18H16O3S. The predicted molar refractivity (Wildman–Crippen MR) is 88.7 cm³/mol. The van der Waals surface area contributed by atoms with E-state index >= 15 is 0 Å². The van der Waals surface area contributed by atoms with Gasteiger partial charge < -0.3 is 0 Å². The summed E-state index contributed by atoms with van der Waals surface area (Å²) in [4.78, 5) is -0.0284. The van der Waals surface area contributed by atoms with E-state index in [2.05, 4.69) is 0 Å². The lowest BCUT2D eigenvalue weighted by Gasteiger charge is -2.14. The van der Waals surface area contributed by atoms with Crippen molar-refractivity contribution in [3.8, 4) is 11.1 Å². The summed E-state index contributed by atoms with van der Waals surface area (Å²) in [6.07, 6.45) is 0. The summed E-state index contributed by atoms with van der Waals surface area (Å²) in [6.45, 7) is 3.93. The predicted octanol–water partition coefficient (Wildman–Crippen LogP) is 4.37. The summed E-state index contributed by atoms with van der Waals surface area (Å²) >= 11 is 0. The van der Waals surface area contributed by atoms with E-state index in [9.17, 15) is 13.0 Å². The zero-order valence-electron chi connectivity index (χ0n) is 12.4. The molecule has 3 rings (SSSR count). The van der Waals surface area contributed by atoms with Crippen LogP contribution in [0.5, 0.6) is 0 Å². The van der Waals surface area contributed by atoms with Gasteiger partial charge in [-0.25, -0.2) is 0 Å². The van der Waals surface area contributed by atoms with Crippen molar-refractivity contribution < 1.29 is 13.0 Å². The molecule has 0 unspecified atom stereocenters. The smallest absolute Gasteiger partial charge is 0.282 e. The van der Waals surface area contributed by atoms with Gasteiger partial charge in [-0.1, -0.05) is 54.6 Å². The van der Waals surface area contributed by atoms with Gasteiger partial charge in [-0.05, 0) is 35.9 Å². The third-order valence-corrected chi connectivity index (χ3v) is 4.99. The Balaban J connectivity index is 2.47. The van der Waals surface area contributed by atoms with Crippen LogP contribution in [0.3, 0.4) is 0 Å². The summed E-state index contributed by atoms with van der Waals surface area (Å²) in [5, 5.41) is 1.31. The van der Waals surface area contributed by atoms with Crippen LogP contribution < -0.4 is 0 Å². The Bertz CT molecular complexity index is 973. The van der Waals surface area contributed by atoms with Crippen LogP contribution in [0.15, 0.2) is 59.5 Å². The second-order valence-corrected chi connectivity index (χ2v) is 6.74. The van der Waals surface area contributed by atoms with E-state index < -0.39 is 10.1 Å². The lowest BCUT2D eigenvalue weighted by Crippen LogP contribution is -2.03. The minimum absolute atomic E-state index is 0.0284. The number of fused-ring (bicyclic) bond motifs is 1. The molecule has 3 nitrogen and oxygen atoms in total. The van der Waals surface area contributed by atoms with Crippen LogP contribution in [0.25, 0.3) is 21.9 Å². The maximum Gasteiger partial charge on any atom is 0.295 e. The summed E-state index contributed by atoms with van der Waals surface area (Å²) < 4.78 is 33.7. The molecule has 0 aliphatic rings. The molecule has 0 aliphatic carbocycles. The molecule has 22 heavy (non-hydrogen) atoms. The fourth-order valence-electron chi connectivity index (χ4n) is 2.78. The molecule has 4 heteroatoms. The molecule has 0 saturated heterocycles. The van der Waals surface area contributed by atoms with Crippen LogP contribution in [0.1, 0.15) is 11.1 Å². The van der Waals surface area contributed by atoms with Crippen molar-refractivity contribution in [2.24, 2.45) is 0 Å². The Labute approximate surface area is 130 Å². The number of hydrogen-bond donors (Lipinski definition) is 1. The van der Waals surface area contributed by atoms with E-state index in [-0.39, 0.29) is 4.90 Å². The van der Waals surface area contributed by atoms with E-state index in [4.69, 9.17) is 0 Å². The van der Waals surface area contributed by atoms with Crippen molar-refractivity contribution >= 4 is 20.9 Å². The molecule has 3 aromatic rings. The third kappa shape index (κ3) is 2.40. The molecule has 0 aromatic heterocycles. The number of rotatable bonds is 2. The lowest BCUT2D eigenvalue weighted by molar-refractivity contribution is 0.484. The summed E-state index contributed by atoms with van der Waals surface area (Å²) in [5.74, 6) is 0. The van der Waals surface area contributed by atoms with Gasteiger partial charge in [0, 0.05) is 10.9 Å². The number of aryl methyl sites for hydroxylation is 1. The molecule has 0 spiro atoms. The second-order valence-electron chi connectivity index (χ2n) is 5.39. The van der Waals surface area contributed by atoms with Gasteiger partial charge in [0.1, 0.15) is 4.90 Å². The van der Waals surface area contributed by atoms with Gasteiger partial charge in [0.2, 0.25) is 0 Å². The van der Waals surface area contributed by atoms with E-state index in [1.807, 2.05) is 50.2 Å². The maximum atomic E-state index is 12.0. The number of hydrogen-bond acceptors (Lipinski definition) is 2. The third-order valence-electron chi connectivity index (χ3n) is 4.03. The van der Waals surface area contributed by atoms with Crippen molar-refractivity contribution in [3.05, 3.63) is 65.7 Å². The van der Waals surface area contributed by atoms with Crippen molar-refractivity contribution in [1.82, 2.24) is 0 Å². The Kier molecular flexibility index (Phi) is 3.51. The largest absolute Gasteiger partial charge is 0.295 e. The molecule has 0 saturated carbocycles. The van der Waals surface area contributed by atoms with E-state index in [1.54, 1.807) is 18.2 Å². The highest BCUT2D eigenvalue weighted by Gasteiger charge is 2.21. The van der Waals surface area contributed by atoms with E-state index in [1.165, 1.54) is 0 Å². The van der Waals surface area contributed by atoms with Gasteiger partial charge in [0.05, 0.1) is 0 Å². The van der Waals surface area contributed by atoms with Gasteiger partial charge in [0.15, 0.2) is 0 Å². The highest BCUT2D eigenvalue weighted by Crippen LogP contribution is 2.35. The lowest BCUT2D eigenvalue weighted by atomic mass is 9.95. The average molecular weight is 312 g/mol. The Morgan fingerprint density at radius 2 is 1.55 bits per heavy atom. The van der Waals surface area contributed by atoms with Crippen LogP contribution >= 0.6 is 0 Å². The normalized spacial score (nSPS) is 11.8. The van der Waals surface area contributed by atoms with E-state index in [0.29, 0.717) is 10.9 Å². The van der Waals surface area contributed by atoms with Crippen molar-refractivity contribution in [3.63, 3.8) is 0 Å². The standard InChI is InChI=1S/C18H16O3S/c1-12-6-5-9-15(13(12)2)17-11-10-14-7-3-4-8-16(14)18(17)22(19,20)21/h3-11H,1-2H3,(H,19,20,21). The van der Waals surface area contributed by atoms with Gasteiger partial charge >= 0.3 is 0 Å². The van der Waals surface area contributed by atoms with Crippen LogP contribution in [-0.2, 0) is 10.1 Å². The highest BCUT2D eigenvalue weighted by molar-refractivity contribution is 7.86. The minimum Gasteiger partial charge on any atom is -0.282 e. The molecule has 0 heterocycles. The molecule has 0 radical (unpaired) electrons. The van der Waals surface area contributed by atoms with Crippen LogP contribution in [0.2, 0.25) is 0 Å². The Hall–Kier alpha value is -2.17. The maximum absolute atomic E-state index is 12.0. The Morgan fingerprint density at radius 3 is 2.27 bits per heavy atom. The van der Waals surface area contributed by atoms with Crippen molar-refractivity contribution in [2.45, 2.75) is 18.7 Å². The van der Waals surface area contributed by atoms with Crippen molar-refractivity contribution in [1.29, 1.82) is 0 Å². The molecule has 112 valence electrons. The monoisotopic (exact) mass is 312 g/mol. The Morgan fingerprint density at radius 1 is 0.818 bits per heavy atom. The topological polar surface area (TPSA) is 54.4 Å². The molecule has 0 fully saturated rings. The molecule has 0 aliphatic heterocycles. The molecule has 0 amide bonds. The summed E-state index contributed by atoms with van der Waals surface area (Å²) in [6, 6.07) is 16.5. The summed E-state index contributed by atoms with van der Waals surface area (Å²) in [5.41, 5.74) is 3.43. The minimum atomic E-state index is -4.34. The van der Waals surface area contributed by atoms with Crippen LogP contribution in [-0.4, -0.2) is 13.0 Å². The molecule has 3 aromatic carbocycles. The highest BCUT2D eigenvalue weighted by atomic mass is 32.2. The van der Waals surface area contributed by atoms with Gasteiger partial charge in [0.25, 0.3) is 10.1 Å². The first-order valence-corrected chi connectivity index (χ1v) is 8.39.